The Bertz CT molecular complexity index is 1300. The molecule has 1 saturated heterocycles. The van der Waals surface area contributed by atoms with Crippen LogP contribution in [0, 0.1) is 0 Å². The molecule has 6 rings (SSSR count). The van der Waals surface area contributed by atoms with Crippen LogP contribution in [0.2, 0.25) is 0 Å². The van der Waals surface area contributed by atoms with E-state index in [1.807, 2.05) is 41.3 Å². The molecule has 182 valence electrons. The largest absolute Gasteiger partial charge is 0.448 e. The van der Waals surface area contributed by atoms with Crippen molar-refractivity contribution in [3.8, 4) is 11.1 Å². The highest BCUT2D eigenvalue weighted by Crippen LogP contribution is 2.44. The Morgan fingerprint density at radius 1 is 0.944 bits per heavy atom. The van der Waals surface area contributed by atoms with Gasteiger partial charge < -0.3 is 14.8 Å². The number of nitrogens with zero attached hydrogens (tertiary/aromatic N) is 1. The van der Waals surface area contributed by atoms with E-state index in [4.69, 9.17) is 9.47 Å². The van der Waals surface area contributed by atoms with E-state index in [0.29, 0.717) is 26.2 Å². The number of ether oxygens (including phenoxy) is 2. The first-order valence-electron chi connectivity index (χ1n) is 12.4. The van der Waals surface area contributed by atoms with Crippen LogP contribution in [0.4, 0.5) is 10.5 Å². The Labute approximate surface area is 210 Å². The zero-order valence-electron chi connectivity index (χ0n) is 20.1. The summed E-state index contributed by atoms with van der Waals surface area (Å²) < 4.78 is 11.8. The summed E-state index contributed by atoms with van der Waals surface area (Å²) in [4.78, 5) is 26.5. The smallest absolute Gasteiger partial charge is 0.410 e. The van der Waals surface area contributed by atoms with Crippen LogP contribution in [0.15, 0.2) is 78.9 Å². The first-order valence-corrected chi connectivity index (χ1v) is 12.4. The minimum Gasteiger partial charge on any atom is -0.448 e. The van der Waals surface area contributed by atoms with Gasteiger partial charge in [0.2, 0.25) is 5.91 Å². The minimum absolute atomic E-state index is 0.0375. The van der Waals surface area contributed by atoms with Gasteiger partial charge in [0.05, 0.1) is 25.3 Å². The molecule has 2 amide bonds. The quantitative estimate of drug-likeness (QED) is 0.539. The monoisotopic (exact) mass is 480 g/mol. The molecule has 1 fully saturated rings. The maximum atomic E-state index is 13.4. The van der Waals surface area contributed by atoms with Gasteiger partial charge in [0, 0.05) is 18.5 Å². The van der Waals surface area contributed by atoms with E-state index in [9.17, 15) is 9.59 Å². The van der Waals surface area contributed by atoms with Gasteiger partial charge in [-0.25, -0.2) is 4.79 Å². The molecule has 3 aromatic rings. The van der Waals surface area contributed by atoms with Gasteiger partial charge in [0.1, 0.15) is 6.61 Å². The Morgan fingerprint density at radius 2 is 1.61 bits per heavy atom. The Balaban J connectivity index is 1.18. The van der Waals surface area contributed by atoms with Gasteiger partial charge in [0.15, 0.2) is 0 Å². The molecule has 2 bridgehead atoms. The number of amides is 2. The molecule has 0 aromatic heterocycles. The second kappa shape index (κ2) is 9.28. The summed E-state index contributed by atoms with van der Waals surface area (Å²) in [6.07, 6.45) is 2.52. The number of hydrogen-bond acceptors (Lipinski definition) is 4. The van der Waals surface area contributed by atoms with Crippen LogP contribution >= 0.6 is 0 Å². The second-order valence-electron chi connectivity index (χ2n) is 9.62. The third kappa shape index (κ3) is 4.07. The number of anilines is 1. The number of nitrogens with one attached hydrogen (secondary N) is 1. The molecule has 2 atom stereocenters. The molecule has 0 spiro atoms. The Kier molecular flexibility index (Phi) is 5.82. The third-order valence-corrected chi connectivity index (χ3v) is 7.32. The minimum atomic E-state index is -0.286. The van der Waals surface area contributed by atoms with Gasteiger partial charge >= 0.3 is 6.09 Å². The summed E-state index contributed by atoms with van der Waals surface area (Å²) in [5.41, 5.74) is 7.89. The van der Waals surface area contributed by atoms with Gasteiger partial charge in [-0.3, -0.25) is 9.69 Å². The number of benzene rings is 3. The first-order chi connectivity index (χ1) is 17.6. The summed E-state index contributed by atoms with van der Waals surface area (Å²) in [5.74, 6) is -0.0551. The van der Waals surface area contributed by atoms with E-state index >= 15 is 0 Å². The predicted octanol–water partition coefficient (Wildman–Crippen LogP) is 5.45. The molecule has 6 nitrogen and oxygen atoms in total. The average molecular weight is 481 g/mol. The van der Waals surface area contributed by atoms with E-state index in [1.54, 1.807) is 0 Å². The predicted molar refractivity (Wildman–Crippen MR) is 139 cm³/mol. The van der Waals surface area contributed by atoms with Gasteiger partial charge in [-0.1, -0.05) is 66.7 Å². The van der Waals surface area contributed by atoms with Gasteiger partial charge in [-0.15, -0.1) is 0 Å². The molecular weight excluding hydrogens is 452 g/mol. The Hall–Kier alpha value is -3.90. The van der Waals surface area contributed by atoms with E-state index in [2.05, 4.69) is 47.8 Å². The van der Waals surface area contributed by atoms with E-state index < -0.39 is 0 Å². The maximum absolute atomic E-state index is 13.4. The number of carbonyl (C=O) groups excluding carboxylic acids is 2. The first kappa shape index (κ1) is 22.6. The SMILES string of the molecule is CC(=O)Nc1ccc(C2=CC3COCC(C2)N3C(=O)OCC2c3ccccc3-c3ccccc32)cc1. The van der Waals surface area contributed by atoms with Gasteiger partial charge in [0.25, 0.3) is 0 Å². The van der Waals surface area contributed by atoms with Crippen LogP contribution < -0.4 is 5.32 Å². The Morgan fingerprint density at radius 3 is 2.25 bits per heavy atom. The number of rotatable bonds is 4. The molecule has 2 unspecified atom stereocenters. The molecular formula is C30H28N2O4. The standard InChI is InChI=1S/C30H28N2O4/c1-19(33)31-22-12-10-20(11-13-22)21-14-23-16-35-17-24(15-21)32(23)30(34)36-18-29-27-8-4-2-6-25(27)26-7-3-5-9-28(26)29/h2-14,23-24,29H,15-18H2,1H3,(H,31,33). The number of carbonyl (C=O) groups is 2. The van der Waals surface area contributed by atoms with Crippen molar-refractivity contribution in [1.29, 1.82) is 0 Å². The normalized spacial score (nSPS) is 20.2. The second-order valence-corrected chi connectivity index (χ2v) is 9.62. The summed E-state index contributed by atoms with van der Waals surface area (Å²) in [7, 11) is 0. The van der Waals surface area contributed by atoms with Crippen molar-refractivity contribution < 1.29 is 19.1 Å². The van der Waals surface area contributed by atoms with Crippen molar-refractivity contribution in [2.24, 2.45) is 0 Å². The lowest BCUT2D eigenvalue weighted by molar-refractivity contribution is -0.114. The fourth-order valence-electron chi connectivity index (χ4n) is 5.73. The van der Waals surface area contributed by atoms with E-state index in [0.717, 1.165) is 11.3 Å². The molecule has 0 radical (unpaired) electrons. The summed E-state index contributed by atoms with van der Waals surface area (Å²) in [5, 5.41) is 2.80. The number of hydrogen-bond donors (Lipinski definition) is 1. The van der Waals surface area contributed by atoms with Crippen LogP contribution in [0.1, 0.15) is 36.0 Å². The fraction of sp³-hybridized carbons (Fsp3) is 0.267. The molecule has 2 heterocycles. The molecule has 3 aliphatic rings. The van der Waals surface area contributed by atoms with Gasteiger partial charge in [-0.2, -0.15) is 0 Å². The van der Waals surface area contributed by atoms with Crippen molar-refractivity contribution in [3.63, 3.8) is 0 Å². The van der Waals surface area contributed by atoms with Crippen LogP contribution in [-0.2, 0) is 14.3 Å². The lowest BCUT2D eigenvalue weighted by atomic mass is 9.90. The number of morpholine rings is 1. The van der Waals surface area contributed by atoms with Crippen LogP contribution in [0.25, 0.3) is 16.7 Å². The van der Waals surface area contributed by atoms with Crippen molar-refractivity contribution in [2.45, 2.75) is 31.3 Å². The van der Waals surface area contributed by atoms with E-state index in [1.165, 1.54) is 34.8 Å². The summed E-state index contributed by atoms with van der Waals surface area (Å²) >= 11 is 0. The average Bonchev–Trinajstić information content (AvgIpc) is 3.20. The summed E-state index contributed by atoms with van der Waals surface area (Å²) in [6.45, 7) is 2.75. The molecule has 3 aromatic carbocycles. The third-order valence-electron chi connectivity index (χ3n) is 7.32. The van der Waals surface area contributed by atoms with Crippen molar-refractivity contribution >= 4 is 23.3 Å². The van der Waals surface area contributed by atoms with E-state index in [-0.39, 0.29) is 30.0 Å². The van der Waals surface area contributed by atoms with Crippen LogP contribution in [0.5, 0.6) is 0 Å². The van der Waals surface area contributed by atoms with Crippen LogP contribution in [-0.4, -0.2) is 48.8 Å². The zero-order valence-corrected chi connectivity index (χ0v) is 20.1. The van der Waals surface area contributed by atoms with Crippen molar-refractivity contribution in [3.05, 3.63) is 95.6 Å². The fourth-order valence-corrected chi connectivity index (χ4v) is 5.73. The molecule has 1 aliphatic carbocycles. The lowest BCUT2D eigenvalue weighted by Gasteiger charge is -2.44. The number of fused-ring (bicyclic) bond motifs is 5. The van der Waals surface area contributed by atoms with Gasteiger partial charge in [-0.05, 0) is 51.9 Å². The van der Waals surface area contributed by atoms with Crippen molar-refractivity contribution in [2.75, 3.05) is 25.1 Å². The van der Waals surface area contributed by atoms with Crippen LogP contribution in [0.3, 0.4) is 0 Å². The molecule has 2 aliphatic heterocycles. The highest BCUT2D eigenvalue weighted by molar-refractivity contribution is 5.89. The molecule has 1 N–H and O–H groups in total. The maximum Gasteiger partial charge on any atom is 0.410 e. The molecule has 0 saturated carbocycles. The topological polar surface area (TPSA) is 67.9 Å². The summed E-state index contributed by atoms with van der Waals surface area (Å²) in [6, 6.07) is 24.3. The highest BCUT2D eigenvalue weighted by Gasteiger charge is 2.39. The zero-order chi connectivity index (χ0) is 24.6. The highest BCUT2D eigenvalue weighted by atomic mass is 16.6. The molecule has 36 heavy (non-hydrogen) atoms. The lowest BCUT2D eigenvalue weighted by Crippen LogP contribution is -2.56. The van der Waals surface area contributed by atoms with Crippen molar-refractivity contribution in [1.82, 2.24) is 4.90 Å². The molecule has 6 heteroatoms.